The van der Waals surface area contributed by atoms with Crippen LogP contribution in [-0.2, 0) is 7.05 Å². The Morgan fingerprint density at radius 2 is 1.90 bits per heavy atom. The highest BCUT2D eigenvalue weighted by molar-refractivity contribution is 5.57. The number of nitriles is 1. The van der Waals surface area contributed by atoms with Gasteiger partial charge >= 0.3 is 0 Å². The minimum absolute atomic E-state index is 0.664. The number of rotatable bonds is 3. The molecule has 1 aromatic heterocycles. The van der Waals surface area contributed by atoms with E-state index < -0.39 is 5.60 Å². The molecule has 0 saturated carbocycles. The Kier molecular flexibility index (Phi) is 4.02. The molecule has 0 aromatic carbocycles. The van der Waals surface area contributed by atoms with Crippen molar-refractivity contribution in [1.82, 2.24) is 14.7 Å². The van der Waals surface area contributed by atoms with E-state index in [2.05, 4.69) is 21.0 Å². The topological polar surface area (TPSA) is 68.3 Å². The van der Waals surface area contributed by atoms with Crippen LogP contribution >= 0.6 is 0 Å². The van der Waals surface area contributed by atoms with Gasteiger partial charge in [0.05, 0.1) is 11.3 Å². The van der Waals surface area contributed by atoms with E-state index in [0.29, 0.717) is 12.1 Å². The molecule has 0 radical (unpaired) electrons. The van der Waals surface area contributed by atoms with Gasteiger partial charge in [-0.2, -0.15) is 10.4 Å². The summed E-state index contributed by atoms with van der Waals surface area (Å²) >= 11 is 0. The Balaban J connectivity index is 2.07. The van der Waals surface area contributed by atoms with Crippen molar-refractivity contribution >= 4 is 5.82 Å². The first kappa shape index (κ1) is 14.8. The largest absolute Gasteiger partial charge is 0.389 e. The third-order valence-electron chi connectivity index (χ3n) is 3.59. The Morgan fingerprint density at radius 1 is 1.30 bits per heavy atom. The molecule has 20 heavy (non-hydrogen) atoms. The Morgan fingerprint density at radius 3 is 2.40 bits per heavy atom. The van der Waals surface area contributed by atoms with E-state index in [1.165, 1.54) is 0 Å². The Bertz CT molecular complexity index is 515. The molecule has 0 unspecified atom stereocenters. The zero-order valence-corrected chi connectivity index (χ0v) is 12.7. The molecule has 6 heteroatoms. The number of anilines is 1. The molecule has 2 heterocycles. The average Bonchev–Trinajstić information content (AvgIpc) is 2.62. The fraction of sp³-hybridized carbons (Fsp3) is 0.714. The molecule has 2 rings (SSSR count). The Hall–Kier alpha value is -1.58. The van der Waals surface area contributed by atoms with Crippen LogP contribution in [0.5, 0.6) is 0 Å². The van der Waals surface area contributed by atoms with Crippen molar-refractivity contribution < 1.29 is 5.11 Å². The van der Waals surface area contributed by atoms with Gasteiger partial charge in [-0.1, -0.05) is 0 Å². The first-order chi connectivity index (χ1) is 9.31. The molecule has 0 atom stereocenters. The molecule has 0 aliphatic carbocycles. The van der Waals surface area contributed by atoms with Crippen molar-refractivity contribution in [3.05, 3.63) is 11.3 Å². The fourth-order valence-electron chi connectivity index (χ4n) is 2.80. The van der Waals surface area contributed by atoms with Gasteiger partial charge in [0, 0.05) is 39.8 Å². The SMILES string of the molecule is Cc1nn(C)c(N2CCN(CC(C)(C)O)CC2)c1C#N. The van der Waals surface area contributed by atoms with Gasteiger partial charge < -0.3 is 10.0 Å². The summed E-state index contributed by atoms with van der Waals surface area (Å²) in [6.07, 6.45) is 0. The summed E-state index contributed by atoms with van der Waals surface area (Å²) in [5.41, 5.74) is 0.788. The molecule has 0 bridgehead atoms. The van der Waals surface area contributed by atoms with Crippen molar-refractivity contribution in [2.75, 3.05) is 37.6 Å². The van der Waals surface area contributed by atoms with E-state index in [1.807, 2.05) is 27.8 Å². The predicted octanol–water partition coefficient (Wildman–Crippen LogP) is 0.493. The molecule has 1 aliphatic rings. The van der Waals surface area contributed by atoms with Crippen molar-refractivity contribution in [3.63, 3.8) is 0 Å². The average molecular weight is 277 g/mol. The van der Waals surface area contributed by atoms with E-state index in [9.17, 15) is 10.4 Å². The van der Waals surface area contributed by atoms with E-state index in [-0.39, 0.29) is 0 Å². The van der Waals surface area contributed by atoms with Crippen LogP contribution in [0.3, 0.4) is 0 Å². The molecule has 1 fully saturated rings. The molecule has 110 valence electrons. The van der Waals surface area contributed by atoms with Crippen LogP contribution in [0.2, 0.25) is 0 Å². The van der Waals surface area contributed by atoms with Crippen molar-refractivity contribution in [2.24, 2.45) is 7.05 Å². The molecule has 0 amide bonds. The first-order valence-electron chi connectivity index (χ1n) is 6.95. The monoisotopic (exact) mass is 277 g/mol. The molecule has 6 nitrogen and oxygen atoms in total. The lowest BCUT2D eigenvalue weighted by molar-refractivity contribution is 0.0344. The zero-order valence-electron chi connectivity index (χ0n) is 12.7. The van der Waals surface area contributed by atoms with Gasteiger partial charge in [0.2, 0.25) is 0 Å². The molecule has 1 N–H and O–H groups in total. The van der Waals surface area contributed by atoms with Gasteiger partial charge in [-0.15, -0.1) is 0 Å². The van der Waals surface area contributed by atoms with Gasteiger partial charge in [0.25, 0.3) is 0 Å². The van der Waals surface area contributed by atoms with Gasteiger partial charge in [0.15, 0.2) is 0 Å². The number of piperazine rings is 1. The lowest BCUT2D eigenvalue weighted by atomic mass is 10.1. The van der Waals surface area contributed by atoms with Crippen molar-refractivity contribution in [3.8, 4) is 6.07 Å². The standard InChI is InChI=1S/C14H23N5O/c1-11-12(9-15)13(17(4)16-11)19-7-5-18(6-8-19)10-14(2,3)20/h20H,5-8,10H2,1-4H3. The summed E-state index contributed by atoms with van der Waals surface area (Å²) in [7, 11) is 1.88. The quantitative estimate of drug-likeness (QED) is 0.871. The normalized spacial score (nSPS) is 17.3. The van der Waals surface area contributed by atoms with Crippen molar-refractivity contribution in [1.29, 1.82) is 5.26 Å². The summed E-state index contributed by atoms with van der Waals surface area (Å²) in [5.74, 6) is 0.910. The zero-order chi connectivity index (χ0) is 14.9. The van der Waals surface area contributed by atoms with Crippen LogP contribution < -0.4 is 4.90 Å². The lowest BCUT2D eigenvalue weighted by Gasteiger charge is -2.38. The van der Waals surface area contributed by atoms with Crippen LogP contribution in [0.25, 0.3) is 0 Å². The smallest absolute Gasteiger partial charge is 0.145 e. The van der Waals surface area contributed by atoms with Crippen LogP contribution in [0.1, 0.15) is 25.1 Å². The maximum atomic E-state index is 9.87. The summed E-state index contributed by atoms with van der Waals surface area (Å²) in [6.45, 7) is 9.68. The Labute approximate surface area is 120 Å². The fourth-order valence-corrected chi connectivity index (χ4v) is 2.80. The third kappa shape index (κ3) is 3.11. The lowest BCUT2D eigenvalue weighted by Crippen LogP contribution is -2.51. The summed E-state index contributed by atoms with van der Waals surface area (Å²) in [5, 5.41) is 23.5. The van der Waals surface area contributed by atoms with Gasteiger partial charge in [-0.25, -0.2) is 0 Å². The van der Waals surface area contributed by atoms with E-state index in [1.54, 1.807) is 4.68 Å². The van der Waals surface area contributed by atoms with Crippen LogP contribution in [-0.4, -0.2) is 58.1 Å². The van der Waals surface area contributed by atoms with E-state index >= 15 is 0 Å². The van der Waals surface area contributed by atoms with Gasteiger partial charge in [0.1, 0.15) is 17.5 Å². The highest BCUT2D eigenvalue weighted by Crippen LogP contribution is 2.23. The highest BCUT2D eigenvalue weighted by Gasteiger charge is 2.26. The molecule has 1 saturated heterocycles. The summed E-state index contributed by atoms with van der Waals surface area (Å²) in [4.78, 5) is 4.46. The van der Waals surface area contributed by atoms with Crippen LogP contribution in [0.4, 0.5) is 5.82 Å². The minimum Gasteiger partial charge on any atom is -0.389 e. The number of β-amino-alcohol motifs (C(OH)–C–C–N with tert-alkyl or cyclic N) is 1. The van der Waals surface area contributed by atoms with E-state index in [4.69, 9.17) is 0 Å². The molecular weight excluding hydrogens is 254 g/mol. The van der Waals surface area contributed by atoms with Gasteiger partial charge in [-0.3, -0.25) is 9.58 Å². The number of hydrogen-bond acceptors (Lipinski definition) is 5. The number of aliphatic hydroxyl groups is 1. The molecule has 0 spiro atoms. The molecular formula is C14H23N5O. The third-order valence-corrected chi connectivity index (χ3v) is 3.59. The predicted molar refractivity (Wildman–Crippen MR) is 77.6 cm³/mol. The van der Waals surface area contributed by atoms with E-state index in [0.717, 1.165) is 37.7 Å². The summed E-state index contributed by atoms with van der Waals surface area (Å²) < 4.78 is 1.79. The van der Waals surface area contributed by atoms with Gasteiger partial charge in [-0.05, 0) is 20.8 Å². The van der Waals surface area contributed by atoms with Crippen LogP contribution in [0.15, 0.2) is 0 Å². The number of hydrogen-bond donors (Lipinski definition) is 1. The minimum atomic E-state index is -0.664. The highest BCUT2D eigenvalue weighted by atomic mass is 16.3. The first-order valence-corrected chi connectivity index (χ1v) is 6.95. The molecule has 1 aromatic rings. The second-order valence-electron chi connectivity index (χ2n) is 6.10. The molecule has 1 aliphatic heterocycles. The second-order valence-corrected chi connectivity index (χ2v) is 6.10. The number of aryl methyl sites for hydroxylation is 2. The number of nitrogens with zero attached hydrogens (tertiary/aromatic N) is 5. The maximum Gasteiger partial charge on any atom is 0.145 e. The maximum absolute atomic E-state index is 9.87. The second kappa shape index (κ2) is 5.43. The number of aromatic nitrogens is 2. The summed E-state index contributed by atoms with van der Waals surface area (Å²) in [6, 6.07) is 2.25. The van der Waals surface area contributed by atoms with Crippen molar-refractivity contribution in [2.45, 2.75) is 26.4 Å². The van der Waals surface area contributed by atoms with Crippen LogP contribution in [0, 0.1) is 18.3 Å².